The van der Waals surface area contributed by atoms with Gasteiger partial charge in [0, 0.05) is 13.1 Å². The average Bonchev–Trinajstić information content (AvgIpc) is 3.18. The molecular formula is C15H25N3O3. The van der Waals surface area contributed by atoms with Crippen molar-refractivity contribution in [1.82, 2.24) is 15.0 Å². The molecule has 2 heterocycles. The maximum absolute atomic E-state index is 10.2. The van der Waals surface area contributed by atoms with Crippen molar-refractivity contribution >= 4 is 0 Å². The van der Waals surface area contributed by atoms with Crippen LogP contribution in [0.2, 0.25) is 0 Å². The van der Waals surface area contributed by atoms with Gasteiger partial charge in [0.05, 0.1) is 19.1 Å². The zero-order valence-electron chi connectivity index (χ0n) is 12.7. The fraction of sp³-hybridized carbons (Fsp3) is 0.867. The number of likely N-dealkylation sites (N-methyl/N-ethyl adjacent to an activating group) is 1. The largest absolute Gasteiger partial charge is 0.392 e. The lowest BCUT2D eigenvalue weighted by Crippen LogP contribution is -2.38. The summed E-state index contributed by atoms with van der Waals surface area (Å²) in [7, 11) is 0. The van der Waals surface area contributed by atoms with Crippen LogP contribution in [0.1, 0.15) is 50.4 Å². The van der Waals surface area contributed by atoms with E-state index >= 15 is 0 Å². The number of hydrogen-bond acceptors (Lipinski definition) is 6. The highest BCUT2D eigenvalue weighted by Gasteiger charge is 2.28. The molecule has 0 amide bonds. The topological polar surface area (TPSA) is 71.6 Å². The summed E-state index contributed by atoms with van der Waals surface area (Å²) in [5.74, 6) is 1.53. The minimum Gasteiger partial charge on any atom is -0.392 e. The van der Waals surface area contributed by atoms with E-state index in [4.69, 9.17) is 9.26 Å². The van der Waals surface area contributed by atoms with Crippen molar-refractivity contribution < 1.29 is 14.4 Å². The first-order chi connectivity index (χ1) is 10.3. The average molecular weight is 295 g/mol. The third-order valence-electron chi connectivity index (χ3n) is 4.70. The van der Waals surface area contributed by atoms with Crippen molar-refractivity contribution in [2.45, 2.75) is 51.2 Å². The molecule has 3 rings (SSSR count). The highest BCUT2D eigenvalue weighted by atomic mass is 16.5. The summed E-state index contributed by atoms with van der Waals surface area (Å²) >= 11 is 0. The molecule has 2 atom stereocenters. The molecule has 0 aromatic carbocycles. The van der Waals surface area contributed by atoms with E-state index in [0.717, 1.165) is 32.5 Å². The van der Waals surface area contributed by atoms with Crippen molar-refractivity contribution in [2.24, 2.45) is 5.92 Å². The molecule has 0 spiro atoms. The first kappa shape index (κ1) is 14.9. The van der Waals surface area contributed by atoms with Gasteiger partial charge in [-0.05, 0) is 25.3 Å². The Kier molecular flexibility index (Phi) is 4.87. The van der Waals surface area contributed by atoms with Crippen molar-refractivity contribution in [3.8, 4) is 0 Å². The van der Waals surface area contributed by atoms with Crippen LogP contribution >= 0.6 is 0 Å². The molecule has 1 N–H and O–H groups in total. The van der Waals surface area contributed by atoms with E-state index in [9.17, 15) is 5.11 Å². The first-order valence-electron chi connectivity index (χ1n) is 8.10. The van der Waals surface area contributed by atoms with Crippen molar-refractivity contribution in [3.05, 3.63) is 11.7 Å². The molecule has 1 saturated carbocycles. The summed E-state index contributed by atoms with van der Waals surface area (Å²) in [5, 5.41) is 14.3. The van der Waals surface area contributed by atoms with E-state index in [1.807, 2.05) is 0 Å². The zero-order valence-corrected chi connectivity index (χ0v) is 12.7. The highest BCUT2D eigenvalue weighted by Crippen LogP contribution is 2.29. The predicted octanol–water partition coefficient (Wildman–Crippen LogP) is 1.56. The first-order valence-corrected chi connectivity index (χ1v) is 8.10. The SMILES string of the molecule is CCN1CCOC(c2noc(CC(O)C3CCCC3)n2)C1. The molecule has 2 aliphatic rings. The highest BCUT2D eigenvalue weighted by molar-refractivity contribution is 4.95. The van der Waals surface area contributed by atoms with Crippen LogP contribution < -0.4 is 0 Å². The van der Waals surface area contributed by atoms with Gasteiger partial charge in [-0.3, -0.25) is 4.90 Å². The van der Waals surface area contributed by atoms with E-state index in [1.54, 1.807) is 0 Å². The maximum atomic E-state index is 10.2. The van der Waals surface area contributed by atoms with E-state index in [-0.39, 0.29) is 12.2 Å². The van der Waals surface area contributed by atoms with Gasteiger partial charge >= 0.3 is 0 Å². The second-order valence-electron chi connectivity index (χ2n) is 6.11. The Hall–Kier alpha value is -0.980. The van der Waals surface area contributed by atoms with Gasteiger partial charge in [0.2, 0.25) is 11.7 Å². The normalized spacial score (nSPS) is 26.3. The van der Waals surface area contributed by atoms with Crippen LogP contribution in [-0.4, -0.2) is 52.5 Å². The Morgan fingerprint density at radius 3 is 2.95 bits per heavy atom. The van der Waals surface area contributed by atoms with Crippen LogP contribution in [0.15, 0.2) is 4.52 Å². The van der Waals surface area contributed by atoms with E-state index in [0.29, 0.717) is 30.7 Å². The molecule has 1 aromatic rings. The molecule has 118 valence electrons. The Bertz CT molecular complexity index is 445. The third kappa shape index (κ3) is 3.62. The number of rotatable bonds is 5. The van der Waals surface area contributed by atoms with E-state index in [2.05, 4.69) is 22.0 Å². The van der Waals surface area contributed by atoms with Crippen LogP contribution in [-0.2, 0) is 11.2 Å². The molecule has 21 heavy (non-hydrogen) atoms. The molecule has 1 aliphatic carbocycles. The van der Waals surface area contributed by atoms with Gasteiger partial charge in [-0.25, -0.2) is 0 Å². The number of nitrogens with zero attached hydrogens (tertiary/aromatic N) is 3. The Morgan fingerprint density at radius 1 is 1.38 bits per heavy atom. The van der Waals surface area contributed by atoms with Crippen LogP contribution in [0.25, 0.3) is 0 Å². The molecule has 6 nitrogen and oxygen atoms in total. The molecule has 1 saturated heterocycles. The molecule has 2 unspecified atom stereocenters. The zero-order chi connectivity index (χ0) is 14.7. The second-order valence-corrected chi connectivity index (χ2v) is 6.11. The smallest absolute Gasteiger partial charge is 0.229 e. The van der Waals surface area contributed by atoms with Crippen LogP contribution in [0.5, 0.6) is 0 Å². The fourth-order valence-electron chi connectivity index (χ4n) is 3.32. The second kappa shape index (κ2) is 6.85. The van der Waals surface area contributed by atoms with Gasteiger partial charge in [0.25, 0.3) is 0 Å². The Labute approximate surface area is 125 Å². The van der Waals surface area contributed by atoms with Crippen molar-refractivity contribution in [3.63, 3.8) is 0 Å². The van der Waals surface area contributed by atoms with Gasteiger partial charge < -0.3 is 14.4 Å². The molecule has 1 aromatic heterocycles. The standard InChI is InChI=1S/C15H25N3O3/c1-2-18-7-8-20-13(10-18)15-16-14(21-17-15)9-12(19)11-5-3-4-6-11/h11-13,19H,2-10H2,1H3. The molecule has 2 fully saturated rings. The fourth-order valence-corrected chi connectivity index (χ4v) is 3.32. The number of morpholine rings is 1. The number of aromatic nitrogens is 2. The molecule has 0 radical (unpaired) electrons. The number of hydrogen-bond donors (Lipinski definition) is 1. The number of aliphatic hydroxyl groups excluding tert-OH is 1. The number of ether oxygens (including phenoxy) is 1. The lowest BCUT2D eigenvalue weighted by atomic mass is 9.98. The van der Waals surface area contributed by atoms with Gasteiger partial charge in [-0.1, -0.05) is 24.9 Å². The predicted molar refractivity (Wildman–Crippen MR) is 76.8 cm³/mol. The Morgan fingerprint density at radius 2 is 2.19 bits per heavy atom. The monoisotopic (exact) mass is 295 g/mol. The van der Waals surface area contributed by atoms with Gasteiger partial charge in [0.1, 0.15) is 6.10 Å². The van der Waals surface area contributed by atoms with E-state index < -0.39 is 0 Å². The van der Waals surface area contributed by atoms with Crippen molar-refractivity contribution in [2.75, 3.05) is 26.2 Å². The van der Waals surface area contributed by atoms with Crippen LogP contribution in [0.4, 0.5) is 0 Å². The van der Waals surface area contributed by atoms with Gasteiger partial charge in [0.15, 0.2) is 0 Å². The third-order valence-corrected chi connectivity index (χ3v) is 4.70. The molecular weight excluding hydrogens is 270 g/mol. The van der Waals surface area contributed by atoms with Crippen LogP contribution in [0.3, 0.4) is 0 Å². The minimum atomic E-state index is -0.361. The summed E-state index contributed by atoms with van der Waals surface area (Å²) in [6.07, 6.45) is 4.65. The molecule has 1 aliphatic heterocycles. The number of aliphatic hydroxyl groups is 1. The van der Waals surface area contributed by atoms with Crippen LogP contribution in [0, 0.1) is 5.92 Å². The molecule has 0 bridgehead atoms. The van der Waals surface area contributed by atoms with Gasteiger partial charge in [-0.2, -0.15) is 4.98 Å². The lowest BCUT2D eigenvalue weighted by Gasteiger charge is -2.30. The lowest BCUT2D eigenvalue weighted by molar-refractivity contribution is -0.0334. The minimum absolute atomic E-state index is 0.111. The van der Waals surface area contributed by atoms with Crippen molar-refractivity contribution in [1.29, 1.82) is 0 Å². The molecule has 6 heteroatoms. The summed E-state index contributed by atoms with van der Waals surface area (Å²) in [5.41, 5.74) is 0. The van der Waals surface area contributed by atoms with E-state index in [1.165, 1.54) is 12.8 Å². The Balaban J connectivity index is 1.57. The summed E-state index contributed by atoms with van der Waals surface area (Å²) in [6, 6.07) is 0. The summed E-state index contributed by atoms with van der Waals surface area (Å²) in [4.78, 5) is 6.74. The van der Waals surface area contributed by atoms with Gasteiger partial charge in [-0.15, -0.1) is 0 Å². The summed E-state index contributed by atoms with van der Waals surface area (Å²) < 4.78 is 11.0. The maximum Gasteiger partial charge on any atom is 0.229 e. The summed E-state index contributed by atoms with van der Waals surface area (Å²) in [6.45, 7) is 5.61. The quantitative estimate of drug-likeness (QED) is 0.889.